The van der Waals surface area contributed by atoms with Gasteiger partial charge in [-0.2, -0.15) is 4.31 Å². The standard InChI is InChI=1S/C19H21N3O4S/c20-19(23)18-13-16(8-10-21-18)26-17-7-4-11-22(14-17)27(24,25)12-9-15-5-2-1-3-6-15/h1-3,5-6,8-10,12-13,17H,4,7,11,14H2,(H2,20,23)/b12-9+. The van der Waals surface area contributed by atoms with Crippen LogP contribution >= 0.6 is 0 Å². The Bertz CT molecular complexity index is 929. The molecular formula is C19H21N3O4S. The Hall–Kier alpha value is -2.71. The number of hydrogen-bond acceptors (Lipinski definition) is 5. The normalized spacial score (nSPS) is 18.4. The van der Waals surface area contributed by atoms with Crippen molar-refractivity contribution in [3.05, 3.63) is 65.3 Å². The van der Waals surface area contributed by atoms with Crippen LogP contribution in [-0.2, 0) is 10.0 Å². The number of rotatable bonds is 6. The van der Waals surface area contributed by atoms with Gasteiger partial charge in [0.1, 0.15) is 17.5 Å². The number of benzene rings is 1. The zero-order chi connectivity index (χ0) is 19.3. The van der Waals surface area contributed by atoms with Crippen molar-refractivity contribution in [2.24, 2.45) is 5.73 Å². The lowest BCUT2D eigenvalue weighted by molar-refractivity contribution is 0.0993. The zero-order valence-corrected chi connectivity index (χ0v) is 15.5. The minimum atomic E-state index is -3.54. The Morgan fingerprint density at radius 2 is 2.04 bits per heavy atom. The van der Waals surface area contributed by atoms with Crippen molar-refractivity contribution in [1.82, 2.24) is 9.29 Å². The monoisotopic (exact) mass is 387 g/mol. The Balaban J connectivity index is 1.67. The van der Waals surface area contributed by atoms with Crippen molar-refractivity contribution in [1.29, 1.82) is 0 Å². The van der Waals surface area contributed by atoms with Crippen molar-refractivity contribution in [3.63, 3.8) is 0 Å². The number of nitrogens with two attached hydrogens (primary N) is 1. The van der Waals surface area contributed by atoms with E-state index in [0.29, 0.717) is 18.7 Å². The van der Waals surface area contributed by atoms with Crippen LogP contribution in [0.4, 0.5) is 0 Å². The van der Waals surface area contributed by atoms with E-state index in [-0.39, 0.29) is 18.3 Å². The number of piperidine rings is 1. The molecule has 1 atom stereocenters. The van der Waals surface area contributed by atoms with E-state index in [4.69, 9.17) is 10.5 Å². The van der Waals surface area contributed by atoms with Crippen LogP contribution in [0, 0.1) is 0 Å². The molecule has 1 aliphatic rings. The van der Waals surface area contributed by atoms with E-state index in [2.05, 4.69) is 4.98 Å². The summed E-state index contributed by atoms with van der Waals surface area (Å²) in [6.07, 6.45) is 4.14. The number of ether oxygens (including phenoxy) is 1. The highest BCUT2D eigenvalue weighted by molar-refractivity contribution is 7.92. The van der Waals surface area contributed by atoms with Crippen LogP contribution in [0.3, 0.4) is 0 Å². The maximum absolute atomic E-state index is 12.6. The van der Waals surface area contributed by atoms with Gasteiger partial charge in [0.15, 0.2) is 0 Å². The van der Waals surface area contributed by atoms with Gasteiger partial charge in [-0.25, -0.2) is 8.42 Å². The van der Waals surface area contributed by atoms with Gasteiger partial charge in [0, 0.05) is 24.2 Å². The molecule has 7 nitrogen and oxygen atoms in total. The van der Waals surface area contributed by atoms with E-state index in [1.54, 1.807) is 12.1 Å². The second kappa shape index (κ2) is 8.32. The van der Waals surface area contributed by atoms with Crippen LogP contribution < -0.4 is 10.5 Å². The molecule has 2 N–H and O–H groups in total. The number of aromatic nitrogens is 1. The summed E-state index contributed by atoms with van der Waals surface area (Å²) in [7, 11) is -3.54. The Labute approximate surface area is 158 Å². The van der Waals surface area contributed by atoms with Gasteiger partial charge < -0.3 is 10.5 Å². The summed E-state index contributed by atoms with van der Waals surface area (Å²) in [4.78, 5) is 15.1. The molecule has 0 aliphatic carbocycles. The third kappa shape index (κ3) is 5.15. The van der Waals surface area contributed by atoms with E-state index in [1.165, 1.54) is 22.0 Å². The lowest BCUT2D eigenvalue weighted by atomic mass is 10.1. The maximum Gasteiger partial charge on any atom is 0.267 e. The summed E-state index contributed by atoms with van der Waals surface area (Å²) in [6.45, 7) is 0.694. The van der Waals surface area contributed by atoms with Crippen LogP contribution in [-0.4, -0.2) is 42.8 Å². The molecule has 142 valence electrons. The van der Waals surface area contributed by atoms with Gasteiger partial charge in [0.2, 0.25) is 10.0 Å². The quantitative estimate of drug-likeness (QED) is 0.817. The van der Waals surface area contributed by atoms with Crippen LogP contribution in [0.1, 0.15) is 28.9 Å². The van der Waals surface area contributed by atoms with Gasteiger partial charge in [-0.1, -0.05) is 30.3 Å². The number of primary amides is 1. The maximum atomic E-state index is 12.6. The zero-order valence-electron chi connectivity index (χ0n) is 14.7. The van der Waals surface area contributed by atoms with Crippen molar-refractivity contribution < 1.29 is 17.9 Å². The second-order valence-electron chi connectivity index (χ2n) is 6.24. The van der Waals surface area contributed by atoms with Gasteiger partial charge in [-0.15, -0.1) is 0 Å². The van der Waals surface area contributed by atoms with E-state index >= 15 is 0 Å². The molecule has 1 saturated heterocycles. The largest absolute Gasteiger partial charge is 0.489 e. The average molecular weight is 387 g/mol. The minimum Gasteiger partial charge on any atom is -0.489 e. The van der Waals surface area contributed by atoms with Crippen LogP contribution in [0.15, 0.2) is 54.1 Å². The summed E-state index contributed by atoms with van der Waals surface area (Å²) in [6, 6.07) is 12.3. The van der Waals surface area contributed by atoms with E-state index in [0.717, 1.165) is 12.0 Å². The third-order valence-corrected chi connectivity index (χ3v) is 5.75. The molecule has 1 aromatic carbocycles. The van der Waals surface area contributed by atoms with Crippen molar-refractivity contribution in [2.75, 3.05) is 13.1 Å². The molecule has 2 aromatic rings. The summed E-state index contributed by atoms with van der Waals surface area (Å²) >= 11 is 0. The van der Waals surface area contributed by atoms with Crippen LogP contribution in [0.5, 0.6) is 5.75 Å². The third-order valence-electron chi connectivity index (χ3n) is 4.22. The number of sulfonamides is 1. The smallest absolute Gasteiger partial charge is 0.267 e. The topological polar surface area (TPSA) is 103 Å². The minimum absolute atomic E-state index is 0.110. The summed E-state index contributed by atoms with van der Waals surface area (Å²) in [5, 5.41) is 1.22. The number of amides is 1. The molecule has 1 aliphatic heterocycles. The SMILES string of the molecule is NC(=O)c1cc(OC2CCCN(S(=O)(=O)/C=C/c3ccccc3)C2)ccn1. The highest BCUT2D eigenvalue weighted by atomic mass is 32.2. The fourth-order valence-electron chi connectivity index (χ4n) is 2.86. The first-order valence-electron chi connectivity index (χ1n) is 8.60. The van der Waals surface area contributed by atoms with Gasteiger partial charge in [-0.05, 0) is 30.5 Å². The first-order valence-corrected chi connectivity index (χ1v) is 10.1. The van der Waals surface area contributed by atoms with Gasteiger partial charge in [-0.3, -0.25) is 9.78 Å². The molecule has 3 rings (SSSR count). The van der Waals surface area contributed by atoms with Crippen molar-refractivity contribution in [3.8, 4) is 5.75 Å². The Morgan fingerprint density at radius 3 is 2.78 bits per heavy atom. The average Bonchev–Trinajstić information content (AvgIpc) is 2.68. The van der Waals surface area contributed by atoms with Gasteiger partial charge in [0.25, 0.3) is 5.91 Å². The molecule has 1 amide bonds. The number of pyridine rings is 1. The molecule has 1 unspecified atom stereocenters. The fourth-order valence-corrected chi connectivity index (χ4v) is 4.12. The summed E-state index contributed by atoms with van der Waals surface area (Å²) < 4.78 is 32.5. The molecule has 1 aromatic heterocycles. The first kappa shape index (κ1) is 19.1. The number of carbonyl (C=O) groups is 1. The summed E-state index contributed by atoms with van der Waals surface area (Å²) in [5.74, 6) is -0.192. The lowest BCUT2D eigenvalue weighted by Crippen LogP contribution is -2.43. The van der Waals surface area contributed by atoms with Crippen LogP contribution in [0.25, 0.3) is 6.08 Å². The first-order chi connectivity index (χ1) is 12.9. The molecule has 1 fully saturated rings. The Morgan fingerprint density at radius 1 is 1.26 bits per heavy atom. The fraction of sp³-hybridized carbons (Fsp3) is 0.263. The highest BCUT2D eigenvalue weighted by Gasteiger charge is 2.28. The molecule has 2 heterocycles. The van der Waals surface area contributed by atoms with Crippen molar-refractivity contribution in [2.45, 2.75) is 18.9 Å². The number of carbonyl (C=O) groups excluding carboxylic acids is 1. The predicted molar refractivity (Wildman–Crippen MR) is 102 cm³/mol. The molecule has 0 saturated carbocycles. The lowest BCUT2D eigenvalue weighted by Gasteiger charge is -2.31. The Kier molecular flexibility index (Phi) is 5.88. The predicted octanol–water partition coefficient (Wildman–Crippen LogP) is 2.02. The number of nitrogens with zero attached hydrogens (tertiary/aromatic N) is 2. The molecule has 0 radical (unpaired) electrons. The summed E-state index contributed by atoms with van der Waals surface area (Å²) in [5.41, 5.74) is 6.15. The molecular weight excluding hydrogens is 366 g/mol. The van der Waals surface area contributed by atoms with E-state index in [9.17, 15) is 13.2 Å². The molecule has 0 bridgehead atoms. The molecule has 0 spiro atoms. The second-order valence-corrected chi connectivity index (χ2v) is 8.06. The number of hydrogen-bond donors (Lipinski definition) is 1. The van der Waals surface area contributed by atoms with Gasteiger partial charge in [0.05, 0.1) is 6.54 Å². The molecule has 8 heteroatoms. The highest BCUT2D eigenvalue weighted by Crippen LogP contribution is 2.21. The van der Waals surface area contributed by atoms with Gasteiger partial charge >= 0.3 is 0 Å². The van der Waals surface area contributed by atoms with E-state index in [1.807, 2.05) is 30.3 Å². The van der Waals surface area contributed by atoms with Crippen molar-refractivity contribution >= 4 is 22.0 Å². The van der Waals surface area contributed by atoms with Crippen LogP contribution in [0.2, 0.25) is 0 Å². The molecule has 27 heavy (non-hydrogen) atoms. The van der Waals surface area contributed by atoms with E-state index < -0.39 is 15.9 Å².